The van der Waals surface area contributed by atoms with Crippen molar-refractivity contribution in [3.05, 3.63) is 107 Å². The van der Waals surface area contributed by atoms with Gasteiger partial charge in [-0.05, 0) is 42.8 Å². The summed E-state index contributed by atoms with van der Waals surface area (Å²) in [7, 11) is 0. The van der Waals surface area contributed by atoms with Gasteiger partial charge in [0.25, 0.3) is 0 Å². The summed E-state index contributed by atoms with van der Waals surface area (Å²) >= 11 is 0. The molecule has 168 valence electrons. The van der Waals surface area contributed by atoms with Crippen molar-refractivity contribution in [2.24, 2.45) is 5.41 Å². The predicted molar refractivity (Wildman–Crippen MR) is 123 cm³/mol. The molecule has 0 amide bonds. The molecule has 4 nitrogen and oxygen atoms in total. The van der Waals surface area contributed by atoms with E-state index < -0.39 is 35.1 Å². The maximum absolute atomic E-state index is 14.1. The number of fused-ring (bicyclic) bond motifs is 5. The van der Waals surface area contributed by atoms with Crippen LogP contribution in [0.4, 0.5) is 14.5 Å². The van der Waals surface area contributed by atoms with E-state index in [0.29, 0.717) is 27.9 Å². The molecule has 0 N–H and O–H groups in total. The maximum atomic E-state index is 14.1. The number of nitrogens with zero attached hydrogens (tertiary/aromatic N) is 1. The molecule has 1 saturated heterocycles. The number of halogens is 2. The largest absolute Gasteiger partial charge is 0.352 e. The number of carbonyl (C=O) groups is 3. The van der Waals surface area contributed by atoms with E-state index >= 15 is 0 Å². The van der Waals surface area contributed by atoms with Crippen LogP contribution in [0.5, 0.6) is 0 Å². The molecule has 0 saturated carbocycles. The van der Waals surface area contributed by atoms with E-state index in [9.17, 15) is 23.2 Å². The Morgan fingerprint density at radius 3 is 2.12 bits per heavy atom. The minimum Gasteiger partial charge on any atom is -0.352 e. The zero-order valence-electron chi connectivity index (χ0n) is 18.2. The first-order chi connectivity index (χ1) is 16.4. The van der Waals surface area contributed by atoms with E-state index in [1.807, 2.05) is 0 Å². The van der Waals surface area contributed by atoms with Crippen LogP contribution in [0.3, 0.4) is 0 Å². The Balaban J connectivity index is 1.68. The number of rotatable bonds is 2. The summed E-state index contributed by atoms with van der Waals surface area (Å²) in [5, 5.41) is 0. The fraction of sp³-hybridized carbons (Fsp3) is 0.179. The molecule has 0 aromatic heterocycles. The lowest BCUT2D eigenvalue weighted by molar-refractivity contribution is -0.118. The SMILES string of the molecule is CC(=O)[C@@H]1[C@H](c2ccc(F)cc2)C2(C(=O)c3ccccc3C2=O)[C@@H]2C=Cc3cc(F)ccc3N12. The second kappa shape index (κ2) is 7.03. The van der Waals surface area contributed by atoms with Crippen molar-refractivity contribution < 1.29 is 23.2 Å². The van der Waals surface area contributed by atoms with Gasteiger partial charge < -0.3 is 4.90 Å². The number of hydrogen-bond donors (Lipinski definition) is 0. The first-order valence-electron chi connectivity index (χ1n) is 11.1. The first kappa shape index (κ1) is 20.7. The van der Waals surface area contributed by atoms with Crippen molar-refractivity contribution >= 4 is 29.1 Å². The number of Topliss-reactive ketones (excluding diaryl/α,β-unsaturated/α-hetero) is 3. The standard InChI is InChI=1S/C28H19F2NO3/c1-15(32)25-24(16-6-9-18(29)10-7-16)28(26(33)20-4-2-3-5-21(20)27(28)34)23-13-8-17-14-19(30)11-12-22(17)31(23)25/h2-14,23-25H,1H3/t23-,24-,25+/m0/s1. The van der Waals surface area contributed by atoms with Gasteiger partial charge in [0, 0.05) is 28.3 Å². The van der Waals surface area contributed by atoms with Crippen LogP contribution in [0.15, 0.2) is 72.8 Å². The Kier molecular flexibility index (Phi) is 4.27. The lowest BCUT2D eigenvalue weighted by Gasteiger charge is -2.37. The van der Waals surface area contributed by atoms with Crippen molar-refractivity contribution in [1.29, 1.82) is 0 Å². The monoisotopic (exact) mass is 455 g/mol. The Morgan fingerprint density at radius 1 is 0.882 bits per heavy atom. The second-order valence-electron chi connectivity index (χ2n) is 9.07. The van der Waals surface area contributed by atoms with Gasteiger partial charge in [0.05, 0.1) is 12.1 Å². The molecule has 1 fully saturated rings. The lowest BCUT2D eigenvalue weighted by atomic mass is 9.64. The molecule has 1 spiro atoms. The van der Waals surface area contributed by atoms with Gasteiger partial charge in [0.15, 0.2) is 17.3 Å². The summed E-state index contributed by atoms with van der Waals surface area (Å²) in [6.45, 7) is 1.43. The van der Waals surface area contributed by atoms with Gasteiger partial charge in [-0.3, -0.25) is 14.4 Å². The second-order valence-corrected chi connectivity index (χ2v) is 9.07. The van der Waals surface area contributed by atoms with Crippen LogP contribution in [-0.2, 0) is 4.79 Å². The molecule has 0 radical (unpaired) electrons. The summed E-state index contributed by atoms with van der Waals surface area (Å²) in [5.41, 5.74) is 0.703. The molecule has 6 rings (SSSR count). The molecule has 3 aromatic rings. The van der Waals surface area contributed by atoms with Crippen molar-refractivity contribution in [3.8, 4) is 0 Å². The molecule has 34 heavy (non-hydrogen) atoms. The van der Waals surface area contributed by atoms with E-state index in [-0.39, 0.29) is 17.3 Å². The van der Waals surface area contributed by atoms with Crippen LogP contribution >= 0.6 is 0 Å². The molecule has 2 heterocycles. The number of carbonyl (C=O) groups excluding carboxylic acids is 3. The van der Waals surface area contributed by atoms with E-state index in [0.717, 1.165) is 0 Å². The average molecular weight is 455 g/mol. The third-order valence-corrected chi connectivity index (χ3v) is 7.41. The topological polar surface area (TPSA) is 54.5 Å². The molecule has 3 atom stereocenters. The summed E-state index contributed by atoms with van der Waals surface area (Å²) in [6.07, 6.45) is 3.43. The fourth-order valence-electron chi connectivity index (χ4n) is 6.14. The highest BCUT2D eigenvalue weighted by molar-refractivity contribution is 6.32. The Labute approximate surface area is 194 Å². The van der Waals surface area contributed by atoms with Crippen molar-refractivity contribution in [3.63, 3.8) is 0 Å². The van der Waals surface area contributed by atoms with E-state index in [4.69, 9.17) is 0 Å². The van der Waals surface area contributed by atoms with Crippen molar-refractivity contribution in [2.45, 2.75) is 24.9 Å². The zero-order chi connectivity index (χ0) is 23.8. The highest BCUT2D eigenvalue weighted by Crippen LogP contribution is 2.60. The first-order valence-corrected chi connectivity index (χ1v) is 11.1. The van der Waals surface area contributed by atoms with Crippen LogP contribution in [0.2, 0.25) is 0 Å². The van der Waals surface area contributed by atoms with Gasteiger partial charge in [-0.25, -0.2) is 8.78 Å². The van der Waals surface area contributed by atoms with E-state index in [1.165, 1.54) is 43.3 Å². The quantitative estimate of drug-likeness (QED) is 0.511. The molecular formula is C28H19F2NO3. The van der Waals surface area contributed by atoms with E-state index in [1.54, 1.807) is 47.4 Å². The van der Waals surface area contributed by atoms with Gasteiger partial charge in [-0.15, -0.1) is 0 Å². The molecule has 0 unspecified atom stereocenters. The molecule has 3 aromatic carbocycles. The number of hydrogen-bond acceptors (Lipinski definition) is 4. The van der Waals surface area contributed by atoms with Crippen LogP contribution in [0.1, 0.15) is 44.7 Å². The molecule has 1 aliphatic carbocycles. The molecule has 3 aliphatic rings. The van der Waals surface area contributed by atoms with Crippen LogP contribution in [-0.4, -0.2) is 29.4 Å². The molecule has 6 heteroatoms. The maximum Gasteiger partial charge on any atom is 0.180 e. The third kappa shape index (κ3) is 2.48. The Hall–Kier alpha value is -3.93. The van der Waals surface area contributed by atoms with Gasteiger partial charge >= 0.3 is 0 Å². The van der Waals surface area contributed by atoms with Gasteiger partial charge in [-0.1, -0.05) is 48.6 Å². The highest BCUT2D eigenvalue weighted by atomic mass is 19.1. The minimum atomic E-state index is -1.61. The normalized spacial score (nSPS) is 23.7. The molecular weight excluding hydrogens is 436 g/mol. The Morgan fingerprint density at radius 2 is 1.50 bits per heavy atom. The smallest absolute Gasteiger partial charge is 0.180 e. The summed E-state index contributed by atoms with van der Waals surface area (Å²) < 4.78 is 27.8. The third-order valence-electron chi connectivity index (χ3n) is 7.41. The summed E-state index contributed by atoms with van der Waals surface area (Å²) in [5.74, 6) is -2.68. The van der Waals surface area contributed by atoms with Crippen molar-refractivity contribution in [1.82, 2.24) is 0 Å². The number of benzene rings is 3. The molecule has 0 bridgehead atoms. The van der Waals surface area contributed by atoms with Gasteiger partial charge in [0.1, 0.15) is 17.0 Å². The number of ketones is 3. The highest BCUT2D eigenvalue weighted by Gasteiger charge is 2.71. The Bertz CT molecular complexity index is 1390. The lowest BCUT2D eigenvalue weighted by Crippen LogP contribution is -2.48. The van der Waals surface area contributed by atoms with Crippen LogP contribution in [0, 0.1) is 17.0 Å². The summed E-state index contributed by atoms with van der Waals surface area (Å²) in [6, 6.07) is 14.9. The zero-order valence-corrected chi connectivity index (χ0v) is 18.2. The van der Waals surface area contributed by atoms with Gasteiger partial charge in [0.2, 0.25) is 0 Å². The molecule has 2 aliphatic heterocycles. The number of anilines is 1. The van der Waals surface area contributed by atoms with E-state index in [2.05, 4.69) is 0 Å². The van der Waals surface area contributed by atoms with Crippen LogP contribution in [0.25, 0.3) is 6.08 Å². The average Bonchev–Trinajstić information content (AvgIpc) is 3.26. The van der Waals surface area contributed by atoms with Crippen LogP contribution < -0.4 is 4.90 Å². The minimum absolute atomic E-state index is 0.238. The van der Waals surface area contributed by atoms with Crippen molar-refractivity contribution in [2.75, 3.05) is 4.90 Å². The van der Waals surface area contributed by atoms with Gasteiger partial charge in [-0.2, -0.15) is 0 Å². The predicted octanol–water partition coefficient (Wildman–Crippen LogP) is 4.99. The fourth-order valence-corrected chi connectivity index (χ4v) is 6.14. The summed E-state index contributed by atoms with van der Waals surface area (Å²) in [4.78, 5) is 43.3.